The highest BCUT2D eigenvalue weighted by molar-refractivity contribution is 7.89. The normalized spacial score (nSPS) is 23.4. The van der Waals surface area contributed by atoms with Gasteiger partial charge in [-0.2, -0.15) is 5.10 Å². The molecule has 0 bridgehead atoms. The van der Waals surface area contributed by atoms with Crippen molar-refractivity contribution in [2.24, 2.45) is 5.92 Å². The molecule has 21 heavy (non-hydrogen) atoms. The molecule has 0 amide bonds. The summed E-state index contributed by atoms with van der Waals surface area (Å²) in [5.41, 5.74) is 1.16. The Morgan fingerprint density at radius 1 is 1.38 bits per heavy atom. The van der Waals surface area contributed by atoms with Crippen LogP contribution in [0.5, 0.6) is 0 Å². The Morgan fingerprint density at radius 2 is 2.14 bits per heavy atom. The summed E-state index contributed by atoms with van der Waals surface area (Å²) in [7, 11) is -3.52. The lowest BCUT2D eigenvalue weighted by atomic mass is 9.88. The molecule has 2 unspecified atom stereocenters. The summed E-state index contributed by atoms with van der Waals surface area (Å²) in [6, 6.07) is 0.0417. The smallest absolute Gasteiger partial charge is 0.244 e. The van der Waals surface area contributed by atoms with E-state index in [1.807, 2.05) is 6.92 Å². The Morgan fingerprint density at radius 3 is 2.81 bits per heavy atom. The number of aryl methyl sites for hydroxylation is 1. The SMILES string of the molecule is CCNCc1n[nH]c(C)c1S(=O)(=O)NC1CCCC(C)C1. The van der Waals surface area contributed by atoms with Crippen LogP contribution < -0.4 is 10.0 Å². The quantitative estimate of drug-likeness (QED) is 0.745. The molecule has 0 saturated heterocycles. The lowest BCUT2D eigenvalue weighted by molar-refractivity contribution is 0.327. The third-order valence-corrected chi connectivity index (χ3v) is 5.75. The van der Waals surface area contributed by atoms with Crippen molar-refractivity contribution < 1.29 is 8.42 Å². The molecule has 120 valence electrons. The molecule has 0 spiro atoms. The van der Waals surface area contributed by atoms with Gasteiger partial charge < -0.3 is 5.32 Å². The molecule has 0 aliphatic heterocycles. The minimum atomic E-state index is -3.52. The van der Waals surface area contributed by atoms with Gasteiger partial charge >= 0.3 is 0 Å². The van der Waals surface area contributed by atoms with Gasteiger partial charge in [-0.25, -0.2) is 13.1 Å². The number of hydrogen-bond donors (Lipinski definition) is 3. The topological polar surface area (TPSA) is 86.9 Å². The summed E-state index contributed by atoms with van der Waals surface area (Å²) in [5, 5.41) is 10.0. The van der Waals surface area contributed by atoms with Gasteiger partial charge in [-0.05, 0) is 32.2 Å². The van der Waals surface area contributed by atoms with E-state index in [9.17, 15) is 8.42 Å². The molecular weight excluding hydrogens is 288 g/mol. The van der Waals surface area contributed by atoms with Crippen molar-refractivity contribution in [1.29, 1.82) is 0 Å². The maximum absolute atomic E-state index is 12.7. The van der Waals surface area contributed by atoms with Crippen molar-refractivity contribution in [3.63, 3.8) is 0 Å². The molecule has 2 rings (SSSR count). The number of aromatic amines is 1. The lowest BCUT2D eigenvalue weighted by Crippen LogP contribution is -2.38. The van der Waals surface area contributed by atoms with Crippen molar-refractivity contribution in [3.05, 3.63) is 11.4 Å². The second kappa shape index (κ2) is 6.89. The molecule has 6 nitrogen and oxygen atoms in total. The average Bonchev–Trinajstić information content (AvgIpc) is 2.77. The van der Waals surface area contributed by atoms with Gasteiger partial charge in [0.1, 0.15) is 4.90 Å². The second-order valence-corrected chi connectivity index (χ2v) is 7.65. The van der Waals surface area contributed by atoms with Gasteiger partial charge in [-0.15, -0.1) is 0 Å². The molecule has 0 aromatic carbocycles. The highest BCUT2D eigenvalue weighted by Crippen LogP contribution is 2.26. The molecule has 1 saturated carbocycles. The van der Waals surface area contributed by atoms with Crippen molar-refractivity contribution in [2.75, 3.05) is 6.54 Å². The van der Waals surface area contributed by atoms with E-state index in [1.54, 1.807) is 6.92 Å². The fourth-order valence-corrected chi connectivity index (χ4v) is 4.66. The molecule has 1 heterocycles. The van der Waals surface area contributed by atoms with E-state index < -0.39 is 10.0 Å². The standard InChI is InChI=1S/C14H26N4O2S/c1-4-15-9-13-14(11(3)16-17-13)21(19,20)18-12-7-5-6-10(2)8-12/h10,12,15,18H,4-9H2,1-3H3,(H,16,17). The minimum Gasteiger partial charge on any atom is -0.311 e. The van der Waals surface area contributed by atoms with E-state index in [0.717, 1.165) is 25.8 Å². The molecule has 1 aromatic heterocycles. The second-order valence-electron chi connectivity index (χ2n) is 5.99. The number of nitrogens with zero attached hydrogens (tertiary/aromatic N) is 1. The lowest BCUT2D eigenvalue weighted by Gasteiger charge is -2.27. The van der Waals surface area contributed by atoms with E-state index in [2.05, 4.69) is 27.2 Å². The maximum Gasteiger partial charge on any atom is 0.244 e. The first kappa shape index (κ1) is 16.5. The Balaban J connectivity index is 2.17. The molecule has 7 heteroatoms. The van der Waals surface area contributed by atoms with Crippen LogP contribution in [-0.2, 0) is 16.6 Å². The zero-order valence-corrected chi connectivity index (χ0v) is 13.9. The van der Waals surface area contributed by atoms with Gasteiger partial charge in [-0.1, -0.05) is 26.7 Å². The highest BCUT2D eigenvalue weighted by Gasteiger charge is 2.29. The van der Waals surface area contributed by atoms with Crippen LogP contribution in [0.25, 0.3) is 0 Å². The fraction of sp³-hybridized carbons (Fsp3) is 0.786. The summed E-state index contributed by atoms with van der Waals surface area (Å²) in [5.74, 6) is 0.582. The van der Waals surface area contributed by atoms with Crippen molar-refractivity contribution in [2.45, 2.75) is 63.9 Å². The Bertz CT molecular complexity index is 568. The van der Waals surface area contributed by atoms with Crippen LogP contribution >= 0.6 is 0 Å². The van der Waals surface area contributed by atoms with Crippen LogP contribution in [0.15, 0.2) is 4.90 Å². The first-order valence-corrected chi connectivity index (χ1v) is 9.19. The molecule has 1 aliphatic rings. The van der Waals surface area contributed by atoms with Gasteiger partial charge in [-0.3, -0.25) is 5.10 Å². The van der Waals surface area contributed by atoms with Gasteiger partial charge in [0, 0.05) is 12.6 Å². The fourth-order valence-electron chi connectivity index (χ4n) is 3.01. The molecule has 1 fully saturated rings. The summed E-state index contributed by atoms with van der Waals surface area (Å²) >= 11 is 0. The zero-order valence-electron chi connectivity index (χ0n) is 13.1. The highest BCUT2D eigenvalue weighted by atomic mass is 32.2. The van der Waals surface area contributed by atoms with E-state index in [0.29, 0.717) is 28.7 Å². The summed E-state index contributed by atoms with van der Waals surface area (Å²) < 4.78 is 28.2. The Labute approximate surface area is 127 Å². The van der Waals surface area contributed by atoms with Crippen molar-refractivity contribution in [1.82, 2.24) is 20.2 Å². The van der Waals surface area contributed by atoms with Crippen LogP contribution in [0.1, 0.15) is 50.9 Å². The summed E-state index contributed by atoms with van der Waals surface area (Å²) in [6.07, 6.45) is 4.11. The van der Waals surface area contributed by atoms with Crippen LogP contribution in [0, 0.1) is 12.8 Å². The first-order chi connectivity index (χ1) is 9.94. The number of rotatable bonds is 6. The van der Waals surface area contributed by atoms with Crippen LogP contribution in [0.3, 0.4) is 0 Å². The van der Waals surface area contributed by atoms with Gasteiger partial charge in [0.2, 0.25) is 10.0 Å². The predicted octanol–water partition coefficient (Wildman–Crippen LogP) is 1.68. The first-order valence-electron chi connectivity index (χ1n) is 7.71. The molecule has 2 atom stereocenters. The van der Waals surface area contributed by atoms with Crippen molar-refractivity contribution in [3.8, 4) is 0 Å². The van der Waals surface area contributed by atoms with E-state index in [4.69, 9.17) is 0 Å². The number of H-pyrrole nitrogens is 1. The van der Waals surface area contributed by atoms with Crippen LogP contribution in [-0.4, -0.2) is 31.2 Å². The van der Waals surface area contributed by atoms with Gasteiger partial charge in [0.05, 0.1) is 11.4 Å². The van der Waals surface area contributed by atoms with Crippen LogP contribution in [0.2, 0.25) is 0 Å². The number of hydrogen-bond acceptors (Lipinski definition) is 4. The maximum atomic E-state index is 12.7. The molecule has 0 radical (unpaired) electrons. The third-order valence-electron chi connectivity index (χ3n) is 4.03. The van der Waals surface area contributed by atoms with E-state index >= 15 is 0 Å². The minimum absolute atomic E-state index is 0.0417. The molecule has 1 aliphatic carbocycles. The van der Waals surface area contributed by atoms with Gasteiger partial charge in [0.15, 0.2) is 0 Å². The monoisotopic (exact) mass is 314 g/mol. The van der Waals surface area contributed by atoms with Crippen LogP contribution in [0.4, 0.5) is 0 Å². The Kier molecular flexibility index (Phi) is 5.40. The number of aromatic nitrogens is 2. The van der Waals surface area contributed by atoms with Crippen molar-refractivity contribution >= 4 is 10.0 Å². The summed E-state index contributed by atoms with van der Waals surface area (Å²) in [6.45, 7) is 7.15. The predicted molar refractivity (Wildman–Crippen MR) is 82.4 cm³/mol. The molecular formula is C14H26N4O2S. The van der Waals surface area contributed by atoms with Gasteiger partial charge in [0.25, 0.3) is 0 Å². The largest absolute Gasteiger partial charge is 0.311 e. The van der Waals surface area contributed by atoms with E-state index in [-0.39, 0.29) is 6.04 Å². The summed E-state index contributed by atoms with van der Waals surface area (Å²) in [4.78, 5) is 0.307. The average molecular weight is 314 g/mol. The zero-order chi connectivity index (χ0) is 15.5. The Hall–Kier alpha value is -0.920. The number of sulfonamides is 1. The molecule has 1 aromatic rings. The molecule has 3 N–H and O–H groups in total. The number of nitrogens with one attached hydrogen (secondary N) is 3. The van der Waals surface area contributed by atoms with E-state index in [1.165, 1.54) is 6.42 Å². The third kappa shape index (κ3) is 4.05.